The summed E-state index contributed by atoms with van der Waals surface area (Å²) < 4.78 is 5.30. The van der Waals surface area contributed by atoms with Crippen molar-refractivity contribution in [3.8, 4) is 5.75 Å². The van der Waals surface area contributed by atoms with Gasteiger partial charge in [-0.15, -0.1) is 0 Å². The second kappa shape index (κ2) is 6.85. The Balaban J connectivity index is 1.70. The lowest BCUT2D eigenvalue weighted by Crippen LogP contribution is -2.40. The van der Waals surface area contributed by atoms with Crippen molar-refractivity contribution in [2.75, 3.05) is 27.2 Å². The van der Waals surface area contributed by atoms with Crippen LogP contribution in [0.2, 0.25) is 0 Å². The summed E-state index contributed by atoms with van der Waals surface area (Å²) in [6.07, 6.45) is 3.41. The molecule has 2 heterocycles. The lowest BCUT2D eigenvalue weighted by molar-refractivity contribution is -0.131. The molecule has 1 saturated heterocycles. The van der Waals surface area contributed by atoms with E-state index >= 15 is 0 Å². The van der Waals surface area contributed by atoms with E-state index < -0.39 is 0 Å². The molecule has 1 unspecified atom stereocenters. The van der Waals surface area contributed by atoms with Gasteiger partial charge in [0, 0.05) is 49.3 Å². The van der Waals surface area contributed by atoms with E-state index in [1.165, 1.54) is 0 Å². The van der Waals surface area contributed by atoms with Crippen molar-refractivity contribution in [2.45, 2.75) is 38.8 Å². The molecule has 130 valence electrons. The predicted octanol–water partition coefficient (Wildman–Crippen LogP) is 2.66. The fourth-order valence-corrected chi connectivity index (χ4v) is 3.48. The molecular formula is C19H27N3O2. The number of hydrogen-bond donors (Lipinski definition) is 1. The molecule has 0 aliphatic carbocycles. The Morgan fingerprint density at radius 2 is 2.25 bits per heavy atom. The normalized spacial score (nSPS) is 18.5. The molecule has 0 spiro atoms. The summed E-state index contributed by atoms with van der Waals surface area (Å²) in [5, 5.41) is 1.06. The van der Waals surface area contributed by atoms with Crippen LogP contribution in [0.4, 0.5) is 0 Å². The first kappa shape index (κ1) is 16.8. The zero-order valence-electron chi connectivity index (χ0n) is 15.0. The lowest BCUT2D eigenvalue weighted by atomic mass is 10.1. The van der Waals surface area contributed by atoms with Gasteiger partial charge in [-0.05, 0) is 44.0 Å². The van der Waals surface area contributed by atoms with Gasteiger partial charge in [0.2, 0.25) is 5.91 Å². The second-order valence-corrected chi connectivity index (χ2v) is 6.94. The number of methoxy groups -OCH3 is 1. The van der Waals surface area contributed by atoms with Gasteiger partial charge < -0.3 is 14.6 Å². The summed E-state index contributed by atoms with van der Waals surface area (Å²) in [5.74, 6) is 0.988. The number of H-pyrrole nitrogens is 1. The van der Waals surface area contributed by atoms with E-state index in [0.717, 1.165) is 41.7 Å². The highest BCUT2D eigenvalue weighted by Gasteiger charge is 2.29. The summed E-state index contributed by atoms with van der Waals surface area (Å²) in [7, 11) is 3.60. The van der Waals surface area contributed by atoms with Gasteiger partial charge in [-0.2, -0.15) is 0 Å². The molecule has 0 radical (unpaired) electrons. The molecule has 1 aromatic carbocycles. The maximum absolute atomic E-state index is 12.7. The molecule has 1 fully saturated rings. The Morgan fingerprint density at radius 3 is 2.92 bits per heavy atom. The highest BCUT2D eigenvalue weighted by atomic mass is 16.5. The SMILES string of the molecule is COc1ccc2[nH]cc(CC(=O)N(C)C3CCN(C(C)C)C3)c2c1. The molecule has 24 heavy (non-hydrogen) atoms. The van der Waals surface area contributed by atoms with E-state index in [1.807, 2.05) is 36.3 Å². The number of likely N-dealkylation sites (tertiary alicyclic amines) is 1. The van der Waals surface area contributed by atoms with E-state index in [9.17, 15) is 4.79 Å². The van der Waals surface area contributed by atoms with Crippen LogP contribution in [0.1, 0.15) is 25.8 Å². The van der Waals surface area contributed by atoms with Crippen LogP contribution in [-0.2, 0) is 11.2 Å². The highest BCUT2D eigenvalue weighted by molar-refractivity contribution is 5.89. The third kappa shape index (κ3) is 3.26. The Bertz CT molecular complexity index is 722. The third-order valence-corrected chi connectivity index (χ3v) is 5.18. The standard InChI is InChI=1S/C19H27N3O2/c1-13(2)22-8-7-15(12-22)21(3)19(23)9-14-11-20-18-6-5-16(24-4)10-17(14)18/h5-6,10-11,13,15,20H,7-9,12H2,1-4H3. The molecular weight excluding hydrogens is 302 g/mol. The first-order valence-corrected chi connectivity index (χ1v) is 8.63. The number of nitrogens with one attached hydrogen (secondary N) is 1. The van der Waals surface area contributed by atoms with Crippen LogP contribution in [0.15, 0.2) is 24.4 Å². The zero-order valence-corrected chi connectivity index (χ0v) is 15.0. The van der Waals surface area contributed by atoms with Crippen LogP contribution in [0.3, 0.4) is 0 Å². The highest BCUT2D eigenvalue weighted by Crippen LogP contribution is 2.25. The zero-order chi connectivity index (χ0) is 17.3. The number of fused-ring (bicyclic) bond motifs is 1. The van der Waals surface area contributed by atoms with Gasteiger partial charge >= 0.3 is 0 Å². The van der Waals surface area contributed by atoms with E-state index in [4.69, 9.17) is 4.74 Å². The van der Waals surface area contributed by atoms with Gasteiger partial charge in [0.25, 0.3) is 0 Å². The van der Waals surface area contributed by atoms with Crippen molar-refractivity contribution in [1.82, 2.24) is 14.8 Å². The Morgan fingerprint density at radius 1 is 1.46 bits per heavy atom. The first-order valence-electron chi connectivity index (χ1n) is 8.63. The number of rotatable bonds is 5. The molecule has 1 aromatic heterocycles. The molecule has 0 saturated carbocycles. The van der Waals surface area contributed by atoms with Gasteiger partial charge in [-0.3, -0.25) is 9.69 Å². The fourth-order valence-electron chi connectivity index (χ4n) is 3.48. The molecule has 3 rings (SSSR count). The minimum Gasteiger partial charge on any atom is -0.497 e. The molecule has 5 heteroatoms. The summed E-state index contributed by atoms with van der Waals surface area (Å²) >= 11 is 0. The summed E-state index contributed by atoms with van der Waals surface area (Å²) in [6.45, 7) is 6.47. The van der Waals surface area contributed by atoms with Crippen LogP contribution in [0.25, 0.3) is 10.9 Å². The summed E-state index contributed by atoms with van der Waals surface area (Å²) in [6, 6.07) is 6.77. The molecule has 1 aliphatic rings. The number of carbonyl (C=O) groups excluding carboxylic acids is 1. The van der Waals surface area contributed by atoms with E-state index in [2.05, 4.69) is 23.7 Å². The van der Waals surface area contributed by atoms with E-state index in [1.54, 1.807) is 7.11 Å². The van der Waals surface area contributed by atoms with Crippen molar-refractivity contribution in [3.63, 3.8) is 0 Å². The third-order valence-electron chi connectivity index (χ3n) is 5.18. The Hall–Kier alpha value is -2.01. The average Bonchev–Trinajstić information content (AvgIpc) is 3.21. The molecule has 1 aliphatic heterocycles. The number of amides is 1. The number of aromatic nitrogens is 1. The molecule has 2 aromatic rings. The number of likely N-dealkylation sites (N-methyl/N-ethyl adjacent to an activating group) is 1. The molecule has 0 bridgehead atoms. The van der Waals surface area contributed by atoms with Gasteiger partial charge in [0.1, 0.15) is 5.75 Å². The van der Waals surface area contributed by atoms with Crippen LogP contribution < -0.4 is 4.74 Å². The quantitative estimate of drug-likeness (QED) is 0.917. The lowest BCUT2D eigenvalue weighted by Gasteiger charge is -2.26. The number of carbonyl (C=O) groups is 1. The van der Waals surface area contributed by atoms with Crippen LogP contribution >= 0.6 is 0 Å². The van der Waals surface area contributed by atoms with Crippen molar-refractivity contribution in [3.05, 3.63) is 30.0 Å². The van der Waals surface area contributed by atoms with E-state index in [-0.39, 0.29) is 5.91 Å². The van der Waals surface area contributed by atoms with Crippen molar-refractivity contribution in [1.29, 1.82) is 0 Å². The molecule has 1 N–H and O–H groups in total. The maximum atomic E-state index is 12.7. The Kier molecular flexibility index (Phi) is 4.81. The minimum atomic E-state index is 0.175. The fraction of sp³-hybridized carbons (Fsp3) is 0.526. The van der Waals surface area contributed by atoms with Crippen LogP contribution in [-0.4, -0.2) is 60.0 Å². The Labute approximate surface area is 143 Å². The molecule has 1 atom stereocenters. The smallest absolute Gasteiger partial charge is 0.227 e. The van der Waals surface area contributed by atoms with Gasteiger partial charge in [0.05, 0.1) is 13.5 Å². The van der Waals surface area contributed by atoms with Crippen molar-refractivity contribution < 1.29 is 9.53 Å². The topological polar surface area (TPSA) is 48.6 Å². The number of aromatic amines is 1. The largest absolute Gasteiger partial charge is 0.497 e. The maximum Gasteiger partial charge on any atom is 0.227 e. The number of benzene rings is 1. The van der Waals surface area contributed by atoms with E-state index in [0.29, 0.717) is 18.5 Å². The molecule has 5 nitrogen and oxygen atoms in total. The average molecular weight is 329 g/mol. The molecule has 1 amide bonds. The number of ether oxygens (including phenoxy) is 1. The second-order valence-electron chi connectivity index (χ2n) is 6.94. The van der Waals surface area contributed by atoms with Gasteiger partial charge in [-0.25, -0.2) is 0 Å². The summed E-state index contributed by atoms with van der Waals surface area (Å²) in [4.78, 5) is 20.3. The van der Waals surface area contributed by atoms with Crippen LogP contribution in [0, 0.1) is 0 Å². The van der Waals surface area contributed by atoms with Crippen molar-refractivity contribution >= 4 is 16.8 Å². The van der Waals surface area contributed by atoms with Gasteiger partial charge in [-0.1, -0.05) is 0 Å². The minimum absolute atomic E-state index is 0.175. The first-order chi connectivity index (χ1) is 11.5. The predicted molar refractivity (Wildman–Crippen MR) is 96.4 cm³/mol. The number of hydrogen-bond acceptors (Lipinski definition) is 3. The summed E-state index contributed by atoms with van der Waals surface area (Å²) in [5.41, 5.74) is 2.06. The van der Waals surface area contributed by atoms with Gasteiger partial charge in [0.15, 0.2) is 0 Å². The van der Waals surface area contributed by atoms with Crippen LogP contribution in [0.5, 0.6) is 5.75 Å². The number of nitrogens with zero attached hydrogens (tertiary/aromatic N) is 2. The van der Waals surface area contributed by atoms with Crippen molar-refractivity contribution in [2.24, 2.45) is 0 Å². The monoisotopic (exact) mass is 329 g/mol.